The highest BCUT2D eigenvalue weighted by atomic mass is 32.2. The van der Waals surface area contributed by atoms with Gasteiger partial charge in [-0.3, -0.25) is 9.59 Å². The Morgan fingerprint density at radius 2 is 1.69 bits per heavy atom. The van der Waals surface area contributed by atoms with Crippen molar-refractivity contribution in [2.24, 2.45) is 4.40 Å². The number of esters is 1. The van der Waals surface area contributed by atoms with E-state index in [0.717, 1.165) is 18.5 Å². The van der Waals surface area contributed by atoms with Crippen LogP contribution in [0.2, 0.25) is 0 Å². The lowest BCUT2D eigenvalue weighted by Crippen LogP contribution is -2.24. The molecule has 2 rings (SSSR count). The number of carbonyl (C=O) groups is 2. The van der Waals surface area contributed by atoms with Crippen LogP contribution in [0.5, 0.6) is 0 Å². The highest BCUT2D eigenvalue weighted by Gasteiger charge is 2.31. The number of ketones is 1. The van der Waals surface area contributed by atoms with Gasteiger partial charge in [0, 0.05) is 19.7 Å². The molecule has 1 unspecified atom stereocenters. The van der Waals surface area contributed by atoms with Crippen molar-refractivity contribution in [3.8, 4) is 0 Å². The third-order valence-corrected chi connectivity index (χ3v) is 5.08. The largest absolute Gasteiger partial charge is 0.465 e. The molecule has 2 aromatic carbocycles. The minimum atomic E-state index is -3.92. The normalized spacial score (nSPS) is 12.6. The lowest BCUT2D eigenvalue weighted by Gasteiger charge is -2.15. The second kappa shape index (κ2) is 9.42. The van der Waals surface area contributed by atoms with Crippen molar-refractivity contribution in [1.29, 1.82) is 0 Å². The van der Waals surface area contributed by atoms with Gasteiger partial charge in [0.2, 0.25) is 0 Å². The maximum atomic E-state index is 13.2. The standard InChI is InChI=1S/C20H21FN2O5S/c1-4-28-20(25)18(14-5-9-16(21)10-6-14)19(24)15-7-11-17(12-8-15)29(26,27)22-13-23(2)3/h5-13,18H,4H2,1-3H3/b22-13-. The van der Waals surface area contributed by atoms with Gasteiger partial charge in [0.15, 0.2) is 5.78 Å². The molecule has 1 atom stereocenters. The van der Waals surface area contributed by atoms with Crippen LogP contribution < -0.4 is 0 Å². The average Bonchev–Trinajstić information content (AvgIpc) is 2.68. The first kappa shape index (κ1) is 22.2. The van der Waals surface area contributed by atoms with Crippen LogP contribution in [0.25, 0.3) is 0 Å². The van der Waals surface area contributed by atoms with Gasteiger partial charge >= 0.3 is 5.97 Å². The predicted octanol–water partition coefficient (Wildman–Crippen LogP) is 2.63. The van der Waals surface area contributed by atoms with Gasteiger partial charge in [-0.1, -0.05) is 24.3 Å². The number of carbonyl (C=O) groups excluding carboxylic acids is 2. The molecule has 0 bridgehead atoms. The van der Waals surface area contributed by atoms with E-state index in [1.807, 2.05) is 0 Å². The summed E-state index contributed by atoms with van der Waals surface area (Å²) in [5.74, 6) is -3.14. The maximum absolute atomic E-state index is 13.2. The Morgan fingerprint density at radius 1 is 1.10 bits per heavy atom. The van der Waals surface area contributed by atoms with Crippen LogP contribution in [0.15, 0.2) is 57.8 Å². The molecule has 0 saturated carbocycles. The second-order valence-electron chi connectivity index (χ2n) is 6.28. The van der Waals surface area contributed by atoms with Crippen LogP contribution in [0, 0.1) is 5.82 Å². The predicted molar refractivity (Wildman–Crippen MR) is 106 cm³/mol. The number of halogens is 1. The van der Waals surface area contributed by atoms with Crippen molar-refractivity contribution >= 4 is 28.1 Å². The topological polar surface area (TPSA) is 93.1 Å². The van der Waals surface area contributed by atoms with E-state index in [-0.39, 0.29) is 22.6 Å². The van der Waals surface area contributed by atoms with Gasteiger partial charge in [0.1, 0.15) is 18.1 Å². The lowest BCUT2D eigenvalue weighted by atomic mass is 9.90. The Labute approximate surface area is 168 Å². The number of nitrogens with zero attached hydrogens (tertiary/aromatic N) is 2. The molecule has 0 aromatic heterocycles. The molecule has 0 N–H and O–H groups in total. The van der Waals surface area contributed by atoms with Gasteiger partial charge < -0.3 is 9.64 Å². The fraction of sp³-hybridized carbons (Fsp3) is 0.250. The first-order chi connectivity index (χ1) is 13.7. The lowest BCUT2D eigenvalue weighted by molar-refractivity contribution is -0.143. The second-order valence-corrected chi connectivity index (χ2v) is 7.92. The van der Waals surface area contributed by atoms with Crippen molar-refractivity contribution < 1.29 is 27.1 Å². The molecule has 0 heterocycles. The molecule has 29 heavy (non-hydrogen) atoms. The summed E-state index contributed by atoms with van der Waals surface area (Å²) in [4.78, 5) is 26.7. The molecular formula is C20H21FN2O5S. The van der Waals surface area contributed by atoms with Crippen LogP contribution in [-0.2, 0) is 19.6 Å². The van der Waals surface area contributed by atoms with Gasteiger partial charge in [-0.05, 0) is 36.8 Å². The average molecular weight is 420 g/mol. The Balaban J connectivity index is 2.36. The number of hydrogen-bond donors (Lipinski definition) is 0. The summed E-state index contributed by atoms with van der Waals surface area (Å²) >= 11 is 0. The molecule has 0 aliphatic heterocycles. The third kappa shape index (κ3) is 5.71. The first-order valence-corrected chi connectivity index (χ1v) is 10.1. The minimum Gasteiger partial charge on any atom is -0.465 e. The summed E-state index contributed by atoms with van der Waals surface area (Å²) in [5, 5.41) is 0. The number of benzene rings is 2. The SMILES string of the molecule is CCOC(=O)C(C(=O)c1ccc(S(=O)(=O)/N=C\N(C)C)cc1)c1ccc(F)cc1. The first-order valence-electron chi connectivity index (χ1n) is 8.69. The zero-order valence-corrected chi connectivity index (χ0v) is 17.0. The van der Waals surface area contributed by atoms with E-state index in [1.54, 1.807) is 21.0 Å². The number of rotatable bonds is 8. The molecule has 0 aliphatic rings. The van der Waals surface area contributed by atoms with Gasteiger partial charge in [0.25, 0.3) is 10.0 Å². The molecular weight excluding hydrogens is 399 g/mol. The molecule has 0 fully saturated rings. The van der Waals surface area contributed by atoms with E-state index < -0.39 is 33.5 Å². The molecule has 154 valence electrons. The van der Waals surface area contributed by atoms with Crippen molar-refractivity contribution in [3.05, 3.63) is 65.5 Å². The molecule has 0 aliphatic carbocycles. The van der Waals surface area contributed by atoms with Crippen LogP contribution >= 0.6 is 0 Å². The van der Waals surface area contributed by atoms with Gasteiger partial charge in [-0.15, -0.1) is 4.40 Å². The summed E-state index contributed by atoms with van der Waals surface area (Å²) in [5.41, 5.74) is 0.394. The summed E-state index contributed by atoms with van der Waals surface area (Å²) in [6.07, 6.45) is 1.15. The molecule has 0 spiro atoms. The van der Waals surface area contributed by atoms with E-state index in [4.69, 9.17) is 4.74 Å². The summed E-state index contributed by atoms with van der Waals surface area (Å²) in [7, 11) is -0.655. The van der Waals surface area contributed by atoms with E-state index in [2.05, 4.69) is 4.40 Å². The number of ether oxygens (including phenoxy) is 1. The van der Waals surface area contributed by atoms with E-state index in [1.165, 1.54) is 41.3 Å². The van der Waals surface area contributed by atoms with Crippen LogP contribution in [0.3, 0.4) is 0 Å². The van der Waals surface area contributed by atoms with Gasteiger partial charge in [0.05, 0.1) is 11.5 Å². The van der Waals surface area contributed by atoms with Crippen molar-refractivity contribution in [2.75, 3.05) is 20.7 Å². The molecule has 7 nitrogen and oxygen atoms in total. The summed E-state index contributed by atoms with van der Waals surface area (Å²) in [6.45, 7) is 1.68. The molecule has 2 aromatic rings. The monoisotopic (exact) mass is 420 g/mol. The van der Waals surface area contributed by atoms with Crippen molar-refractivity contribution in [3.63, 3.8) is 0 Å². The highest BCUT2D eigenvalue weighted by molar-refractivity contribution is 7.90. The van der Waals surface area contributed by atoms with Crippen LogP contribution in [-0.4, -0.2) is 52.1 Å². The summed E-state index contributed by atoms with van der Waals surface area (Å²) < 4.78 is 46.1. The van der Waals surface area contributed by atoms with Gasteiger partial charge in [-0.25, -0.2) is 4.39 Å². The van der Waals surface area contributed by atoms with E-state index >= 15 is 0 Å². The zero-order valence-electron chi connectivity index (χ0n) is 16.2. The van der Waals surface area contributed by atoms with Crippen molar-refractivity contribution in [2.45, 2.75) is 17.7 Å². The number of Topliss-reactive ketones (excluding diaryl/α,β-unsaturated/α-hetero) is 1. The summed E-state index contributed by atoms with van der Waals surface area (Å²) in [6, 6.07) is 10.0. The zero-order chi connectivity index (χ0) is 21.6. The maximum Gasteiger partial charge on any atom is 0.321 e. The van der Waals surface area contributed by atoms with E-state index in [0.29, 0.717) is 0 Å². The molecule has 9 heteroatoms. The third-order valence-electron chi connectivity index (χ3n) is 3.84. The Kier molecular flexibility index (Phi) is 7.22. The van der Waals surface area contributed by atoms with Gasteiger partial charge in [-0.2, -0.15) is 8.42 Å². The van der Waals surface area contributed by atoms with Crippen molar-refractivity contribution in [1.82, 2.24) is 4.90 Å². The minimum absolute atomic E-state index is 0.0743. The fourth-order valence-electron chi connectivity index (χ4n) is 2.45. The molecule has 0 saturated heterocycles. The van der Waals surface area contributed by atoms with E-state index in [9.17, 15) is 22.4 Å². The fourth-order valence-corrected chi connectivity index (χ4v) is 3.36. The van der Waals surface area contributed by atoms with Crippen LogP contribution in [0.1, 0.15) is 28.8 Å². The molecule has 0 amide bonds. The smallest absolute Gasteiger partial charge is 0.321 e. The highest BCUT2D eigenvalue weighted by Crippen LogP contribution is 2.24. The Morgan fingerprint density at radius 3 is 2.21 bits per heavy atom. The number of hydrogen-bond acceptors (Lipinski definition) is 5. The number of sulfonamides is 1. The Bertz CT molecular complexity index is 1000. The molecule has 0 radical (unpaired) electrons. The Hall–Kier alpha value is -3.07. The quantitative estimate of drug-likeness (QED) is 0.214. The van der Waals surface area contributed by atoms with Crippen LogP contribution in [0.4, 0.5) is 4.39 Å².